The molecule has 1 heterocycles. The van der Waals surface area contributed by atoms with Gasteiger partial charge in [0.25, 0.3) is 15.9 Å². The smallest absolute Gasteiger partial charge is 0.261 e. The summed E-state index contributed by atoms with van der Waals surface area (Å²) in [5.74, 6) is -0.301. The molecule has 1 aliphatic heterocycles. The second-order valence-electron chi connectivity index (χ2n) is 7.41. The summed E-state index contributed by atoms with van der Waals surface area (Å²) in [5.41, 5.74) is 0.749. The Bertz CT molecular complexity index is 972. The van der Waals surface area contributed by atoms with E-state index >= 15 is 0 Å². The number of rotatable bonds is 7. The molecular weight excluding hydrogens is 470 g/mol. The number of sulfonamides is 1. The van der Waals surface area contributed by atoms with E-state index in [1.165, 1.54) is 12.1 Å². The number of nitrogens with zero attached hydrogens (tertiary/aromatic N) is 1. The van der Waals surface area contributed by atoms with E-state index in [4.69, 9.17) is 4.74 Å². The van der Waals surface area contributed by atoms with Crippen molar-refractivity contribution in [1.82, 2.24) is 10.2 Å². The summed E-state index contributed by atoms with van der Waals surface area (Å²) in [6.45, 7) is 6.93. The molecule has 0 spiro atoms. The van der Waals surface area contributed by atoms with Crippen LogP contribution in [0.15, 0.2) is 57.9 Å². The summed E-state index contributed by atoms with van der Waals surface area (Å²) in [4.78, 5) is 14.8. The lowest BCUT2D eigenvalue weighted by Crippen LogP contribution is -2.47. The van der Waals surface area contributed by atoms with Gasteiger partial charge >= 0.3 is 0 Å². The van der Waals surface area contributed by atoms with Gasteiger partial charge in [0.1, 0.15) is 0 Å². The molecule has 3 rings (SSSR count). The van der Waals surface area contributed by atoms with E-state index in [2.05, 4.69) is 30.9 Å². The van der Waals surface area contributed by atoms with E-state index in [-0.39, 0.29) is 23.0 Å². The Hall–Kier alpha value is -1.94. The first-order valence-corrected chi connectivity index (χ1v) is 12.0. The van der Waals surface area contributed by atoms with Gasteiger partial charge in [-0.2, -0.15) is 0 Å². The first-order chi connectivity index (χ1) is 14.2. The highest BCUT2D eigenvalue weighted by molar-refractivity contribution is 9.10. The zero-order valence-electron chi connectivity index (χ0n) is 17.0. The van der Waals surface area contributed by atoms with Gasteiger partial charge in [0.2, 0.25) is 0 Å². The Morgan fingerprint density at radius 2 is 1.80 bits per heavy atom. The second-order valence-corrected chi connectivity index (χ2v) is 10.0. The van der Waals surface area contributed by atoms with Crippen molar-refractivity contribution >= 4 is 37.5 Å². The summed E-state index contributed by atoms with van der Waals surface area (Å²) < 4.78 is 34.4. The largest absolute Gasteiger partial charge is 0.373 e. The molecule has 0 aliphatic carbocycles. The minimum absolute atomic E-state index is 0.0360. The van der Waals surface area contributed by atoms with E-state index in [0.29, 0.717) is 24.3 Å². The van der Waals surface area contributed by atoms with E-state index in [1.807, 2.05) is 13.8 Å². The zero-order valence-corrected chi connectivity index (χ0v) is 19.4. The van der Waals surface area contributed by atoms with Gasteiger partial charge in [-0.1, -0.05) is 22.0 Å². The van der Waals surface area contributed by atoms with Crippen LogP contribution < -0.4 is 10.0 Å². The third-order valence-electron chi connectivity index (χ3n) is 4.71. The summed E-state index contributed by atoms with van der Waals surface area (Å²) in [6, 6.07) is 12.8. The molecule has 2 atom stereocenters. The zero-order chi connectivity index (χ0) is 21.7. The molecule has 1 amide bonds. The van der Waals surface area contributed by atoms with E-state index in [9.17, 15) is 13.2 Å². The van der Waals surface area contributed by atoms with Gasteiger partial charge in [-0.05, 0) is 56.3 Å². The molecule has 1 fully saturated rings. The topological polar surface area (TPSA) is 87.7 Å². The molecule has 7 nitrogen and oxygen atoms in total. The minimum Gasteiger partial charge on any atom is -0.373 e. The SMILES string of the molecule is C[C@@H]1CN(CCNC(=O)c2cccc(S(=O)(=O)Nc3ccc(Br)cc3)c2)C[C@H](C)O1. The van der Waals surface area contributed by atoms with Gasteiger partial charge < -0.3 is 10.1 Å². The van der Waals surface area contributed by atoms with Crippen LogP contribution in [0.5, 0.6) is 0 Å². The molecule has 162 valence electrons. The molecule has 1 saturated heterocycles. The summed E-state index contributed by atoms with van der Waals surface area (Å²) in [7, 11) is -3.80. The number of carbonyl (C=O) groups is 1. The molecule has 2 aromatic rings. The van der Waals surface area contributed by atoms with Crippen molar-refractivity contribution < 1.29 is 17.9 Å². The molecule has 0 unspecified atom stereocenters. The molecular formula is C21H26BrN3O4S. The van der Waals surface area contributed by atoms with Gasteiger partial charge in [-0.25, -0.2) is 8.42 Å². The fourth-order valence-corrected chi connectivity index (χ4v) is 4.80. The lowest BCUT2D eigenvalue weighted by molar-refractivity contribution is -0.0672. The van der Waals surface area contributed by atoms with Gasteiger partial charge in [0.15, 0.2) is 0 Å². The second kappa shape index (κ2) is 9.91. The molecule has 0 bridgehead atoms. The predicted molar refractivity (Wildman–Crippen MR) is 120 cm³/mol. The first kappa shape index (κ1) is 22.7. The number of hydrogen-bond acceptors (Lipinski definition) is 5. The normalized spacial score (nSPS) is 20.0. The number of anilines is 1. The lowest BCUT2D eigenvalue weighted by Gasteiger charge is -2.35. The predicted octanol–water partition coefficient (Wildman–Crippen LogP) is 3.09. The fourth-order valence-electron chi connectivity index (χ4n) is 3.43. The number of ether oxygens (including phenoxy) is 1. The van der Waals surface area contributed by atoms with E-state index in [1.54, 1.807) is 36.4 Å². The third kappa shape index (κ3) is 6.28. The molecule has 0 saturated carbocycles. The lowest BCUT2D eigenvalue weighted by atomic mass is 10.2. The number of nitrogens with one attached hydrogen (secondary N) is 2. The monoisotopic (exact) mass is 495 g/mol. The molecule has 2 aromatic carbocycles. The molecule has 9 heteroatoms. The van der Waals surface area contributed by atoms with E-state index in [0.717, 1.165) is 17.6 Å². The Morgan fingerprint density at radius 3 is 2.47 bits per heavy atom. The van der Waals surface area contributed by atoms with Gasteiger partial charge in [0.05, 0.1) is 17.1 Å². The van der Waals surface area contributed by atoms with Crippen LogP contribution in [0.1, 0.15) is 24.2 Å². The maximum atomic E-state index is 12.7. The standard InChI is InChI=1S/C21H26BrN3O4S/c1-15-13-25(14-16(2)29-15)11-10-23-21(26)17-4-3-5-20(12-17)30(27,28)24-19-8-6-18(22)7-9-19/h3-9,12,15-16,24H,10-11,13-14H2,1-2H3,(H,23,26)/t15-,16+. The van der Waals surface area contributed by atoms with Crippen LogP contribution in [0.3, 0.4) is 0 Å². The molecule has 1 aliphatic rings. The van der Waals surface area contributed by atoms with Crippen LogP contribution in [0.4, 0.5) is 5.69 Å². The Labute approximate surface area is 186 Å². The summed E-state index contributed by atoms with van der Waals surface area (Å²) in [5, 5.41) is 2.87. The molecule has 0 aromatic heterocycles. The summed E-state index contributed by atoms with van der Waals surface area (Å²) in [6.07, 6.45) is 0.342. The van der Waals surface area contributed by atoms with Crippen molar-refractivity contribution in [2.45, 2.75) is 31.0 Å². The molecule has 2 N–H and O–H groups in total. The van der Waals surface area contributed by atoms with Crippen LogP contribution >= 0.6 is 15.9 Å². The number of amides is 1. The van der Waals surface area contributed by atoms with Crippen molar-refractivity contribution in [2.75, 3.05) is 30.9 Å². The van der Waals surface area contributed by atoms with E-state index < -0.39 is 10.0 Å². The van der Waals surface area contributed by atoms with Crippen molar-refractivity contribution in [2.24, 2.45) is 0 Å². The fraction of sp³-hybridized carbons (Fsp3) is 0.381. The highest BCUT2D eigenvalue weighted by Crippen LogP contribution is 2.19. The highest BCUT2D eigenvalue weighted by atomic mass is 79.9. The van der Waals surface area contributed by atoms with Gasteiger partial charge in [-0.15, -0.1) is 0 Å². The third-order valence-corrected chi connectivity index (χ3v) is 6.62. The van der Waals surface area contributed by atoms with Crippen molar-refractivity contribution in [3.63, 3.8) is 0 Å². The Morgan fingerprint density at radius 1 is 1.13 bits per heavy atom. The number of morpholine rings is 1. The average molecular weight is 496 g/mol. The minimum atomic E-state index is -3.80. The first-order valence-electron chi connectivity index (χ1n) is 9.77. The van der Waals surface area contributed by atoms with Crippen LogP contribution in [-0.4, -0.2) is 57.6 Å². The Kier molecular flexibility index (Phi) is 7.51. The van der Waals surface area contributed by atoms with Crippen LogP contribution in [-0.2, 0) is 14.8 Å². The number of halogens is 1. The number of hydrogen-bond donors (Lipinski definition) is 2. The quantitative estimate of drug-likeness (QED) is 0.616. The molecule has 0 radical (unpaired) electrons. The average Bonchev–Trinajstić information content (AvgIpc) is 2.69. The number of benzene rings is 2. The van der Waals surface area contributed by atoms with Gasteiger partial charge in [0, 0.05) is 41.9 Å². The van der Waals surface area contributed by atoms with Crippen molar-refractivity contribution in [3.8, 4) is 0 Å². The maximum Gasteiger partial charge on any atom is 0.261 e. The number of carbonyl (C=O) groups excluding carboxylic acids is 1. The van der Waals surface area contributed by atoms with Crippen molar-refractivity contribution in [1.29, 1.82) is 0 Å². The highest BCUT2D eigenvalue weighted by Gasteiger charge is 2.22. The Balaban J connectivity index is 1.60. The van der Waals surface area contributed by atoms with Gasteiger partial charge in [-0.3, -0.25) is 14.4 Å². The van der Waals surface area contributed by atoms with Crippen molar-refractivity contribution in [3.05, 3.63) is 58.6 Å². The molecule has 30 heavy (non-hydrogen) atoms. The van der Waals surface area contributed by atoms with Crippen LogP contribution in [0.2, 0.25) is 0 Å². The van der Waals surface area contributed by atoms with Crippen LogP contribution in [0, 0.1) is 0 Å². The summed E-state index contributed by atoms with van der Waals surface area (Å²) >= 11 is 3.32. The maximum absolute atomic E-state index is 12.7. The van der Waals surface area contributed by atoms with Crippen LogP contribution in [0.25, 0.3) is 0 Å².